The third-order valence-corrected chi connectivity index (χ3v) is 4.93. The van der Waals surface area contributed by atoms with Crippen LogP contribution in [0.3, 0.4) is 0 Å². The first-order valence-electron chi connectivity index (χ1n) is 8.27. The molecule has 0 saturated carbocycles. The van der Waals surface area contributed by atoms with Gasteiger partial charge >= 0.3 is 0 Å². The molecular formula is C20H17N5S. The molecule has 0 saturated heterocycles. The summed E-state index contributed by atoms with van der Waals surface area (Å²) in [6.45, 7) is 2.07. The van der Waals surface area contributed by atoms with Gasteiger partial charge in [-0.1, -0.05) is 59.8 Å². The van der Waals surface area contributed by atoms with Crippen molar-refractivity contribution >= 4 is 11.8 Å². The summed E-state index contributed by atoms with van der Waals surface area (Å²) in [7, 11) is 0. The Bertz CT molecular complexity index is 982. The van der Waals surface area contributed by atoms with E-state index >= 15 is 0 Å². The van der Waals surface area contributed by atoms with Crippen molar-refractivity contribution < 1.29 is 0 Å². The zero-order valence-corrected chi connectivity index (χ0v) is 15.1. The molecule has 0 radical (unpaired) electrons. The summed E-state index contributed by atoms with van der Waals surface area (Å²) in [5.74, 6) is 1.52. The summed E-state index contributed by atoms with van der Waals surface area (Å²) in [4.78, 5) is 8.55. The van der Waals surface area contributed by atoms with Crippen molar-refractivity contribution in [3.63, 3.8) is 0 Å². The summed E-state index contributed by atoms with van der Waals surface area (Å²) < 4.78 is 2.04. The molecule has 26 heavy (non-hydrogen) atoms. The molecule has 4 aromatic rings. The third kappa shape index (κ3) is 3.50. The molecule has 0 atom stereocenters. The summed E-state index contributed by atoms with van der Waals surface area (Å²) in [6, 6.07) is 18.7. The quantitative estimate of drug-likeness (QED) is 0.497. The number of benzene rings is 2. The van der Waals surface area contributed by atoms with Gasteiger partial charge < -0.3 is 0 Å². The fourth-order valence-corrected chi connectivity index (χ4v) is 3.50. The molecule has 2 aromatic carbocycles. The van der Waals surface area contributed by atoms with Crippen LogP contribution in [-0.2, 0) is 5.75 Å². The normalized spacial score (nSPS) is 10.8. The summed E-state index contributed by atoms with van der Waals surface area (Å²) in [5, 5.41) is 9.63. The van der Waals surface area contributed by atoms with E-state index in [2.05, 4.69) is 63.5 Å². The highest BCUT2D eigenvalue weighted by molar-refractivity contribution is 7.98. The summed E-state index contributed by atoms with van der Waals surface area (Å²) in [6.07, 6.45) is 5.03. The van der Waals surface area contributed by atoms with Gasteiger partial charge in [0.05, 0.1) is 6.20 Å². The molecule has 128 valence electrons. The number of hydrogen-bond acceptors (Lipinski definition) is 5. The van der Waals surface area contributed by atoms with Crippen molar-refractivity contribution in [2.45, 2.75) is 17.8 Å². The van der Waals surface area contributed by atoms with E-state index in [1.807, 2.05) is 22.8 Å². The first-order valence-corrected chi connectivity index (χ1v) is 9.25. The predicted octanol–water partition coefficient (Wildman–Crippen LogP) is 4.33. The summed E-state index contributed by atoms with van der Waals surface area (Å²) >= 11 is 1.66. The van der Waals surface area contributed by atoms with Crippen LogP contribution in [0.4, 0.5) is 0 Å². The van der Waals surface area contributed by atoms with Crippen molar-refractivity contribution in [2.75, 3.05) is 0 Å². The van der Waals surface area contributed by atoms with Crippen LogP contribution in [0.5, 0.6) is 0 Å². The van der Waals surface area contributed by atoms with Crippen LogP contribution in [-0.4, -0.2) is 24.7 Å². The van der Waals surface area contributed by atoms with Gasteiger partial charge in [0.25, 0.3) is 0 Å². The van der Waals surface area contributed by atoms with E-state index in [9.17, 15) is 0 Å². The second-order valence-corrected chi connectivity index (χ2v) is 6.78. The Morgan fingerprint density at radius 1 is 0.923 bits per heavy atom. The topological polar surface area (TPSA) is 56.5 Å². The van der Waals surface area contributed by atoms with E-state index in [0.717, 1.165) is 16.6 Å². The molecule has 0 bridgehead atoms. The minimum atomic E-state index is 0.692. The van der Waals surface area contributed by atoms with E-state index in [4.69, 9.17) is 0 Å². The van der Waals surface area contributed by atoms with Crippen molar-refractivity contribution in [1.29, 1.82) is 0 Å². The molecule has 2 aromatic heterocycles. The molecule has 0 amide bonds. The maximum atomic E-state index is 4.41. The molecule has 5 nitrogen and oxygen atoms in total. The number of aromatic nitrogens is 5. The second-order valence-electron chi connectivity index (χ2n) is 5.84. The van der Waals surface area contributed by atoms with E-state index in [1.165, 1.54) is 11.1 Å². The lowest BCUT2D eigenvalue weighted by atomic mass is 10.2. The summed E-state index contributed by atoms with van der Waals surface area (Å²) in [5.41, 5.74) is 4.17. The molecule has 2 heterocycles. The van der Waals surface area contributed by atoms with Crippen molar-refractivity contribution in [3.05, 3.63) is 84.3 Å². The monoisotopic (exact) mass is 359 g/mol. The fourth-order valence-electron chi connectivity index (χ4n) is 2.59. The van der Waals surface area contributed by atoms with Crippen molar-refractivity contribution in [1.82, 2.24) is 24.7 Å². The molecule has 0 aliphatic carbocycles. The Kier molecular flexibility index (Phi) is 4.75. The number of nitrogens with zero attached hydrogens (tertiary/aromatic N) is 5. The minimum absolute atomic E-state index is 0.692. The number of rotatable bonds is 5. The largest absolute Gasteiger partial charge is 0.269 e. The molecule has 0 aliphatic rings. The van der Waals surface area contributed by atoms with Crippen LogP contribution >= 0.6 is 11.8 Å². The lowest BCUT2D eigenvalue weighted by Crippen LogP contribution is -2.01. The SMILES string of the molecule is Cc1ccc(-n2c(SCc3ccccc3)nnc2-c2cnccn2)cc1. The highest BCUT2D eigenvalue weighted by atomic mass is 32.2. The van der Waals surface area contributed by atoms with E-state index in [-0.39, 0.29) is 0 Å². The lowest BCUT2D eigenvalue weighted by molar-refractivity contribution is 0.884. The first kappa shape index (κ1) is 16.5. The van der Waals surface area contributed by atoms with Gasteiger partial charge in [0.15, 0.2) is 11.0 Å². The van der Waals surface area contributed by atoms with Gasteiger partial charge in [0.2, 0.25) is 0 Å². The average molecular weight is 359 g/mol. The number of thioether (sulfide) groups is 1. The highest BCUT2D eigenvalue weighted by Crippen LogP contribution is 2.28. The van der Waals surface area contributed by atoms with Crippen LogP contribution in [0.2, 0.25) is 0 Å². The molecule has 0 spiro atoms. The van der Waals surface area contributed by atoms with Gasteiger partial charge in [0, 0.05) is 23.8 Å². The van der Waals surface area contributed by atoms with Gasteiger partial charge in [-0.05, 0) is 24.6 Å². The maximum Gasteiger partial charge on any atom is 0.196 e. The van der Waals surface area contributed by atoms with E-state index < -0.39 is 0 Å². The third-order valence-electron chi connectivity index (χ3n) is 3.93. The smallest absolute Gasteiger partial charge is 0.196 e. The van der Waals surface area contributed by atoms with Crippen LogP contribution in [0.25, 0.3) is 17.2 Å². The maximum absolute atomic E-state index is 4.41. The Morgan fingerprint density at radius 2 is 1.73 bits per heavy atom. The van der Waals surface area contributed by atoms with Gasteiger partial charge in [-0.25, -0.2) is 4.98 Å². The molecule has 4 rings (SSSR count). The molecule has 0 aliphatic heterocycles. The standard InChI is InChI=1S/C20H17N5S/c1-15-7-9-17(10-8-15)25-19(18-13-21-11-12-22-18)23-24-20(25)26-14-16-5-3-2-4-6-16/h2-13H,14H2,1H3. The predicted molar refractivity (Wildman–Crippen MR) is 103 cm³/mol. The fraction of sp³-hybridized carbons (Fsp3) is 0.100. The molecule has 0 unspecified atom stereocenters. The Morgan fingerprint density at radius 3 is 2.46 bits per heavy atom. The highest BCUT2D eigenvalue weighted by Gasteiger charge is 2.17. The molecule has 0 fully saturated rings. The van der Waals surface area contributed by atoms with Gasteiger partial charge in [-0.3, -0.25) is 9.55 Å². The van der Waals surface area contributed by atoms with Crippen LogP contribution in [0.15, 0.2) is 78.3 Å². The van der Waals surface area contributed by atoms with Gasteiger partial charge in [0.1, 0.15) is 5.69 Å². The molecule has 6 heteroatoms. The Hall–Kier alpha value is -2.99. The van der Waals surface area contributed by atoms with Crippen molar-refractivity contribution in [3.8, 4) is 17.2 Å². The lowest BCUT2D eigenvalue weighted by Gasteiger charge is -2.10. The first-order chi connectivity index (χ1) is 12.8. The van der Waals surface area contributed by atoms with Crippen LogP contribution in [0, 0.1) is 6.92 Å². The van der Waals surface area contributed by atoms with E-state index in [0.29, 0.717) is 11.5 Å². The van der Waals surface area contributed by atoms with Crippen LogP contribution < -0.4 is 0 Å². The minimum Gasteiger partial charge on any atom is -0.269 e. The Labute approximate surface area is 156 Å². The van der Waals surface area contributed by atoms with Crippen LogP contribution in [0.1, 0.15) is 11.1 Å². The van der Waals surface area contributed by atoms with E-state index in [1.54, 1.807) is 30.4 Å². The van der Waals surface area contributed by atoms with Gasteiger partial charge in [-0.2, -0.15) is 0 Å². The second kappa shape index (κ2) is 7.49. The van der Waals surface area contributed by atoms with Gasteiger partial charge in [-0.15, -0.1) is 10.2 Å². The molecular weight excluding hydrogens is 342 g/mol. The Balaban J connectivity index is 1.74. The average Bonchev–Trinajstić information content (AvgIpc) is 3.12. The zero-order valence-electron chi connectivity index (χ0n) is 14.3. The van der Waals surface area contributed by atoms with Crippen molar-refractivity contribution in [2.24, 2.45) is 0 Å². The molecule has 0 N–H and O–H groups in total. The zero-order chi connectivity index (χ0) is 17.8. The number of hydrogen-bond donors (Lipinski definition) is 0. The number of aryl methyl sites for hydroxylation is 1.